The van der Waals surface area contributed by atoms with Crippen molar-refractivity contribution in [1.82, 2.24) is 0 Å². The smallest absolute Gasteiger partial charge is 0.316 e. The maximum absolute atomic E-state index is 13.1. The summed E-state index contributed by atoms with van der Waals surface area (Å²) in [6, 6.07) is 13.7. The molecule has 184 valence electrons. The third kappa shape index (κ3) is 3.51. The molecule has 4 aliphatic rings. The van der Waals surface area contributed by atoms with Gasteiger partial charge >= 0.3 is 5.97 Å². The number of anilines is 2. The van der Waals surface area contributed by atoms with Crippen molar-refractivity contribution in [2.24, 2.45) is 29.6 Å². The van der Waals surface area contributed by atoms with Crippen molar-refractivity contribution in [1.29, 1.82) is 0 Å². The van der Waals surface area contributed by atoms with Crippen LogP contribution in [0.2, 0.25) is 0 Å². The lowest BCUT2D eigenvalue weighted by Gasteiger charge is -2.20. The van der Waals surface area contributed by atoms with Crippen molar-refractivity contribution in [2.45, 2.75) is 19.8 Å². The minimum absolute atomic E-state index is 0.0290. The number of carbonyl (C=O) groups excluding carboxylic acids is 4. The van der Waals surface area contributed by atoms with Gasteiger partial charge < -0.3 is 14.4 Å². The molecular formula is C28H26N2O6. The highest BCUT2D eigenvalue weighted by atomic mass is 16.5. The van der Waals surface area contributed by atoms with Crippen molar-refractivity contribution in [3.8, 4) is 11.5 Å². The molecule has 0 spiro atoms. The number of amides is 3. The first-order chi connectivity index (χ1) is 17.5. The second kappa shape index (κ2) is 8.62. The number of ether oxygens (including phenoxy) is 2. The zero-order valence-electron chi connectivity index (χ0n) is 19.8. The molecule has 2 aromatic rings. The van der Waals surface area contributed by atoms with E-state index in [0.29, 0.717) is 23.7 Å². The topological polar surface area (TPSA) is 93.2 Å². The molecular weight excluding hydrogens is 460 g/mol. The highest BCUT2D eigenvalue weighted by Gasteiger charge is 2.59. The molecule has 0 N–H and O–H groups in total. The normalized spacial score (nSPS) is 28.2. The highest BCUT2D eigenvalue weighted by Crippen LogP contribution is 2.53. The Balaban J connectivity index is 1.16. The SMILES string of the molecule is CCOc1ccccc1N1C[C@H](C(=O)Oc2cccc(N3C(=O)[C@@H]4[C@@H](C3=O)[C@H]3C=C[C@H]4C3)c2)CC1=O. The number of allylic oxidation sites excluding steroid dienone is 2. The van der Waals surface area contributed by atoms with Gasteiger partial charge in [-0.05, 0) is 49.4 Å². The number of carbonyl (C=O) groups is 4. The Bertz CT molecular complexity index is 1270. The van der Waals surface area contributed by atoms with E-state index < -0.39 is 11.9 Å². The zero-order valence-corrected chi connectivity index (χ0v) is 19.8. The average molecular weight is 487 g/mol. The second-order valence-electron chi connectivity index (χ2n) is 9.74. The summed E-state index contributed by atoms with van der Waals surface area (Å²) in [4.78, 5) is 54.7. The van der Waals surface area contributed by atoms with Crippen LogP contribution in [0.4, 0.5) is 11.4 Å². The van der Waals surface area contributed by atoms with Crippen LogP contribution in [0.3, 0.4) is 0 Å². The van der Waals surface area contributed by atoms with Gasteiger partial charge in [-0.25, -0.2) is 4.90 Å². The summed E-state index contributed by atoms with van der Waals surface area (Å²) < 4.78 is 11.3. The van der Waals surface area contributed by atoms with Gasteiger partial charge in [0, 0.05) is 19.0 Å². The first kappa shape index (κ1) is 22.5. The average Bonchev–Trinajstić information content (AvgIpc) is 3.63. The molecule has 2 aromatic carbocycles. The molecule has 36 heavy (non-hydrogen) atoms. The van der Waals surface area contributed by atoms with Gasteiger partial charge in [-0.15, -0.1) is 0 Å². The van der Waals surface area contributed by atoms with Crippen LogP contribution in [0, 0.1) is 29.6 Å². The van der Waals surface area contributed by atoms with Crippen molar-refractivity contribution in [2.75, 3.05) is 23.0 Å². The van der Waals surface area contributed by atoms with Crippen LogP contribution in [0.5, 0.6) is 11.5 Å². The molecule has 3 amide bonds. The Labute approximate surface area is 208 Å². The van der Waals surface area contributed by atoms with Crippen LogP contribution >= 0.6 is 0 Å². The molecule has 2 heterocycles. The first-order valence-electron chi connectivity index (χ1n) is 12.4. The van der Waals surface area contributed by atoms with E-state index in [1.54, 1.807) is 41.3 Å². The Morgan fingerprint density at radius 2 is 1.69 bits per heavy atom. The van der Waals surface area contributed by atoms with Crippen molar-refractivity contribution in [3.05, 3.63) is 60.7 Å². The lowest BCUT2D eigenvalue weighted by molar-refractivity contribution is -0.139. The van der Waals surface area contributed by atoms with E-state index in [1.165, 1.54) is 4.90 Å². The largest absolute Gasteiger partial charge is 0.492 e. The summed E-state index contributed by atoms with van der Waals surface area (Å²) in [5.41, 5.74) is 1.03. The van der Waals surface area contributed by atoms with E-state index in [4.69, 9.17) is 9.47 Å². The zero-order chi connectivity index (χ0) is 25.0. The number of rotatable bonds is 6. The van der Waals surface area contributed by atoms with Crippen molar-refractivity contribution >= 4 is 35.1 Å². The fourth-order valence-electron chi connectivity index (χ4n) is 6.10. The van der Waals surface area contributed by atoms with Gasteiger partial charge in [0.2, 0.25) is 17.7 Å². The summed E-state index contributed by atoms with van der Waals surface area (Å²) in [5.74, 6) is -1.26. The van der Waals surface area contributed by atoms with E-state index in [9.17, 15) is 19.2 Å². The van der Waals surface area contributed by atoms with Crippen LogP contribution < -0.4 is 19.3 Å². The fraction of sp³-hybridized carbons (Fsp3) is 0.357. The van der Waals surface area contributed by atoms with Gasteiger partial charge in [-0.3, -0.25) is 19.2 Å². The Kier molecular flexibility index (Phi) is 5.39. The molecule has 5 atom stereocenters. The molecule has 2 bridgehead atoms. The van der Waals surface area contributed by atoms with Gasteiger partial charge in [0.25, 0.3) is 0 Å². The predicted octanol–water partition coefficient (Wildman–Crippen LogP) is 3.36. The molecule has 8 nitrogen and oxygen atoms in total. The lowest BCUT2D eigenvalue weighted by Crippen LogP contribution is -2.32. The molecule has 2 aliphatic carbocycles. The Hall–Kier alpha value is -3.94. The minimum atomic E-state index is -0.646. The van der Waals surface area contributed by atoms with E-state index in [0.717, 1.165) is 6.42 Å². The molecule has 3 fully saturated rings. The molecule has 1 saturated carbocycles. The molecule has 0 aromatic heterocycles. The monoisotopic (exact) mass is 486 g/mol. The number of hydrogen-bond donors (Lipinski definition) is 0. The number of esters is 1. The second-order valence-corrected chi connectivity index (χ2v) is 9.74. The molecule has 0 radical (unpaired) electrons. The molecule has 2 aliphatic heterocycles. The Morgan fingerprint density at radius 1 is 0.972 bits per heavy atom. The maximum atomic E-state index is 13.1. The van der Waals surface area contributed by atoms with E-state index in [2.05, 4.69) is 12.2 Å². The number of benzene rings is 2. The first-order valence-corrected chi connectivity index (χ1v) is 12.4. The van der Waals surface area contributed by atoms with E-state index >= 15 is 0 Å². The van der Waals surface area contributed by atoms with Crippen LogP contribution in [0.1, 0.15) is 19.8 Å². The van der Waals surface area contributed by atoms with Crippen LogP contribution in [0.25, 0.3) is 0 Å². The van der Waals surface area contributed by atoms with E-state index in [-0.39, 0.29) is 60.1 Å². The number of nitrogens with zero attached hydrogens (tertiary/aromatic N) is 2. The van der Waals surface area contributed by atoms with E-state index in [1.807, 2.05) is 19.1 Å². The van der Waals surface area contributed by atoms with Gasteiger partial charge in [0.15, 0.2) is 0 Å². The molecule has 6 rings (SSSR count). The van der Waals surface area contributed by atoms with Crippen LogP contribution in [-0.4, -0.2) is 36.8 Å². The summed E-state index contributed by atoms with van der Waals surface area (Å²) in [6.45, 7) is 2.51. The fourth-order valence-corrected chi connectivity index (χ4v) is 6.10. The number of imide groups is 1. The maximum Gasteiger partial charge on any atom is 0.316 e. The summed E-state index contributed by atoms with van der Waals surface area (Å²) >= 11 is 0. The van der Waals surface area contributed by atoms with Crippen molar-refractivity contribution in [3.63, 3.8) is 0 Å². The predicted molar refractivity (Wildman–Crippen MR) is 130 cm³/mol. The van der Waals surface area contributed by atoms with Gasteiger partial charge in [0.1, 0.15) is 11.5 Å². The highest BCUT2D eigenvalue weighted by molar-refractivity contribution is 6.22. The lowest BCUT2D eigenvalue weighted by atomic mass is 9.85. The summed E-state index contributed by atoms with van der Waals surface area (Å²) in [5, 5.41) is 0. The standard InChI is InChI=1S/C28H26N2O6/c1-2-35-22-9-4-3-8-21(22)29-15-18(13-23(29)31)28(34)36-20-7-5-6-19(14-20)30-26(32)24-16-10-11-17(12-16)25(24)27(30)33/h3-11,14,16-18,24-25H,2,12-13,15H2,1H3/t16-,17-,18+,24-,25-/m0/s1. The minimum Gasteiger partial charge on any atom is -0.492 e. The van der Waals surface area contributed by atoms with Gasteiger partial charge in [-0.1, -0.05) is 30.4 Å². The molecule has 2 saturated heterocycles. The number of fused-ring (bicyclic) bond motifs is 5. The third-order valence-electron chi connectivity index (χ3n) is 7.68. The number of para-hydroxylation sites is 2. The summed E-state index contributed by atoms with van der Waals surface area (Å²) in [6.07, 6.45) is 5.00. The van der Waals surface area contributed by atoms with Crippen molar-refractivity contribution < 1.29 is 28.7 Å². The van der Waals surface area contributed by atoms with Crippen LogP contribution in [0.15, 0.2) is 60.7 Å². The number of hydrogen-bond acceptors (Lipinski definition) is 6. The van der Waals surface area contributed by atoms with Crippen LogP contribution in [-0.2, 0) is 19.2 Å². The van der Waals surface area contributed by atoms with Gasteiger partial charge in [-0.2, -0.15) is 0 Å². The molecule has 0 unspecified atom stereocenters. The van der Waals surface area contributed by atoms with Gasteiger partial charge in [0.05, 0.1) is 35.7 Å². The quantitative estimate of drug-likeness (QED) is 0.269. The Morgan fingerprint density at radius 3 is 2.42 bits per heavy atom. The summed E-state index contributed by atoms with van der Waals surface area (Å²) in [7, 11) is 0. The third-order valence-corrected chi connectivity index (χ3v) is 7.68. The molecule has 8 heteroatoms.